The molecule has 2 amide bonds. The van der Waals surface area contributed by atoms with Gasteiger partial charge in [0.2, 0.25) is 0 Å². The van der Waals surface area contributed by atoms with Gasteiger partial charge in [-0.25, -0.2) is 5.43 Å². The third-order valence-electron chi connectivity index (χ3n) is 7.30. The molecule has 0 saturated heterocycles. The fraction of sp³-hybridized carbons (Fsp3) is 0.0606. The van der Waals surface area contributed by atoms with E-state index in [4.69, 9.17) is 0 Å². The first-order valence-corrected chi connectivity index (χ1v) is 13.8. The Bertz CT molecular complexity index is 1860. The topological polar surface area (TPSA) is 73.8 Å². The smallest absolute Gasteiger partial charge is 0.271 e. The van der Waals surface area contributed by atoms with E-state index in [1.165, 1.54) is 4.90 Å². The number of nitrogens with zero attached hydrogens (tertiary/aromatic N) is 2. The van der Waals surface area contributed by atoms with Crippen LogP contribution in [0.2, 0.25) is 0 Å². The van der Waals surface area contributed by atoms with Gasteiger partial charge in [-0.05, 0) is 72.0 Å². The van der Waals surface area contributed by atoms with Crippen LogP contribution >= 0.6 is 11.8 Å². The monoisotopic (exact) mass is 540 g/mol. The molecule has 0 aromatic heterocycles. The average molecular weight is 541 g/mol. The third-order valence-corrected chi connectivity index (χ3v) is 8.46. The Kier molecular flexibility index (Phi) is 5.86. The summed E-state index contributed by atoms with van der Waals surface area (Å²) in [4.78, 5) is 30.1. The minimum Gasteiger partial charge on any atom is -0.354 e. The zero-order valence-electron chi connectivity index (χ0n) is 21.6. The van der Waals surface area contributed by atoms with Crippen molar-refractivity contribution in [1.82, 2.24) is 5.43 Å². The lowest BCUT2D eigenvalue weighted by molar-refractivity contribution is 0.0953. The van der Waals surface area contributed by atoms with Crippen LogP contribution < -0.4 is 15.6 Å². The maximum atomic E-state index is 13.1. The van der Waals surface area contributed by atoms with Gasteiger partial charge in [0.1, 0.15) is 0 Å². The quantitative estimate of drug-likeness (QED) is 0.177. The Hall–Kier alpha value is -4.88. The van der Waals surface area contributed by atoms with Gasteiger partial charge >= 0.3 is 0 Å². The molecule has 6 nitrogen and oxygen atoms in total. The molecule has 0 fully saturated rings. The summed E-state index contributed by atoms with van der Waals surface area (Å²) < 4.78 is 0. The number of fused-ring (bicyclic) bond motifs is 2. The lowest BCUT2D eigenvalue weighted by atomic mass is 10.1. The van der Waals surface area contributed by atoms with Gasteiger partial charge in [-0.15, -0.1) is 0 Å². The summed E-state index contributed by atoms with van der Waals surface area (Å²) in [5.41, 5.74) is 9.51. The maximum absolute atomic E-state index is 13.1. The molecule has 2 heterocycles. The molecular weight excluding hydrogens is 516 g/mol. The highest BCUT2D eigenvalue weighted by Gasteiger charge is 2.29. The number of carbonyl (C=O) groups is 2. The Morgan fingerprint density at radius 2 is 1.60 bits per heavy atom. The first-order valence-electron chi connectivity index (χ1n) is 13.0. The average Bonchev–Trinajstić information content (AvgIpc) is 3.26. The summed E-state index contributed by atoms with van der Waals surface area (Å²) in [6.07, 6.45) is 0. The molecule has 194 valence electrons. The van der Waals surface area contributed by atoms with Crippen LogP contribution in [0, 0.1) is 0 Å². The first-order chi connectivity index (χ1) is 19.5. The molecule has 2 aliphatic rings. The second-order valence-corrected chi connectivity index (χ2v) is 10.9. The Morgan fingerprint density at radius 3 is 2.45 bits per heavy atom. The Labute approximate surface area is 235 Å². The van der Waals surface area contributed by atoms with Crippen molar-refractivity contribution >= 4 is 57.1 Å². The minimum atomic E-state index is -0.291. The molecule has 5 aromatic rings. The summed E-state index contributed by atoms with van der Waals surface area (Å²) in [6, 6.07) is 33.4. The van der Waals surface area contributed by atoms with E-state index < -0.39 is 0 Å². The number of benzene rings is 5. The second-order valence-electron chi connectivity index (χ2n) is 9.84. The van der Waals surface area contributed by atoms with Gasteiger partial charge in [-0.3, -0.25) is 9.59 Å². The summed E-state index contributed by atoms with van der Waals surface area (Å²) in [7, 11) is 0. The molecule has 0 aliphatic carbocycles. The van der Waals surface area contributed by atoms with Crippen molar-refractivity contribution < 1.29 is 9.59 Å². The number of carbonyl (C=O) groups excluding carboxylic acids is 2. The fourth-order valence-corrected chi connectivity index (χ4v) is 6.18. The number of nitrogens with one attached hydrogen (secondary N) is 2. The highest BCUT2D eigenvalue weighted by Crippen LogP contribution is 2.44. The van der Waals surface area contributed by atoms with Crippen LogP contribution in [0.25, 0.3) is 10.8 Å². The van der Waals surface area contributed by atoms with Gasteiger partial charge in [0.15, 0.2) is 0 Å². The van der Waals surface area contributed by atoms with E-state index in [0.717, 1.165) is 49.4 Å². The molecule has 40 heavy (non-hydrogen) atoms. The van der Waals surface area contributed by atoms with Crippen LogP contribution in [-0.4, -0.2) is 17.5 Å². The number of para-hydroxylation sites is 1. The predicted octanol–water partition coefficient (Wildman–Crippen LogP) is 7.36. The normalized spacial score (nSPS) is 13.6. The van der Waals surface area contributed by atoms with Crippen LogP contribution in [-0.2, 0) is 6.54 Å². The number of hydrogen-bond donors (Lipinski definition) is 2. The number of anilines is 3. The van der Waals surface area contributed by atoms with E-state index in [0.29, 0.717) is 17.8 Å². The van der Waals surface area contributed by atoms with Gasteiger partial charge in [-0.1, -0.05) is 66.4 Å². The molecular formula is C33H24N4O2S. The van der Waals surface area contributed by atoms with Crippen molar-refractivity contribution in [3.63, 3.8) is 0 Å². The zero-order valence-corrected chi connectivity index (χ0v) is 22.5. The van der Waals surface area contributed by atoms with E-state index >= 15 is 0 Å². The largest absolute Gasteiger partial charge is 0.354 e. The maximum Gasteiger partial charge on any atom is 0.271 e. The molecule has 0 bridgehead atoms. The lowest BCUT2D eigenvalue weighted by Crippen LogP contribution is -2.26. The Balaban J connectivity index is 1.03. The fourth-order valence-electron chi connectivity index (χ4n) is 5.21. The summed E-state index contributed by atoms with van der Waals surface area (Å²) in [5, 5.41) is 9.89. The van der Waals surface area contributed by atoms with Crippen molar-refractivity contribution in [3.05, 3.63) is 125 Å². The lowest BCUT2D eigenvalue weighted by Gasteiger charge is -2.21. The van der Waals surface area contributed by atoms with Gasteiger partial charge < -0.3 is 10.2 Å². The van der Waals surface area contributed by atoms with Gasteiger partial charge in [0.05, 0.1) is 29.3 Å². The second kappa shape index (κ2) is 9.70. The van der Waals surface area contributed by atoms with E-state index in [-0.39, 0.29) is 11.8 Å². The standard InChI is InChI=1S/C33H24N4O2S/c1-20(24-16-17-30-27(18-24)34-26-9-2-3-11-29(26)40-30)35-36-32(38)23-14-12-21(13-15-23)19-37-28-10-5-7-22-6-4-8-25(31(22)28)33(37)39/h2-18,34H,19H2,1H3,(H,36,38)/b35-20+. The number of hydrazone groups is 1. The molecule has 5 aromatic carbocycles. The zero-order chi connectivity index (χ0) is 27.2. The van der Waals surface area contributed by atoms with Gasteiger partial charge in [-0.2, -0.15) is 5.10 Å². The summed E-state index contributed by atoms with van der Waals surface area (Å²) in [6.45, 7) is 2.31. The first kappa shape index (κ1) is 24.2. The highest BCUT2D eigenvalue weighted by atomic mass is 32.2. The minimum absolute atomic E-state index is 0.00128. The number of amides is 2. The van der Waals surface area contributed by atoms with Crippen LogP contribution in [0.5, 0.6) is 0 Å². The van der Waals surface area contributed by atoms with Crippen LogP contribution in [0.3, 0.4) is 0 Å². The molecule has 7 heteroatoms. The van der Waals surface area contributed by atoms with Gasteiger partial charge in [0, 0.05) is 26.3 Å². The molecule has 7 rings (SSSR count). The molecule has 0 atom stereocenters. The Morgan fingerprint density at radius 1 is 0.850 bits per heavy atom. The summed E-state index contributed by atoms with van der Waals surface area (Å²) >= 11 is 1.73. The molecule has 2 aliphatic heterocycles. The van der Waals surface area contributed by atoms with Gasteiger partial charge in [0.25, 0.3) is 11.8 Å². The van der Waals surface area contributed by atoms with Crippen LogP contribution in [0.15, 0.2) is 118 Å². The van der Waals surface area contributed by atoms with Crippen LogP contribution in [0.4, 0.5) is 17.1 Å². The molecule has 0 saturated carbocycles. The number of rotatable bonds is 5. The van der Waals surface area contributed by atoms with E-state index in [1.807, 2.05) is 73.7 Å². The van der Waals surface area contributed by atoms with E-state index in [2.05, 4.69) is 40.1 Å². The summed E-state index contributed by atoms with van der Waals surface area (Å²) in [5.74, 6) is -0.292. The van der Waals surface area contributed by atoms with Crippen molar-refractivity contribution in [2.45, 2.75) is 23.3 Å². The molecule has 0 spiro atoms. The molecule has 0 radical (unpaired) electrons. The number of hydrogen-bond acceptors (Lipinski definition) is 5. The van der Waals surface area contributed by atoms with Crippen molar-refractivity contribution in [3.8, 4) is 0 Å². The van der Waals surface area contributed by atoms with Crippen molar-refractivity contribution in [2.75, 3.05) is 10.2 Å². The highest BCUT2D eigenvalue weighted by molar-refractivity contribution is 7.99. The third kappa shape index (κ3) is 4.21. The molecule has 2 N–H and O–H groups in total. The van der Waals surface area contributed by atoms with Crippen LogP contribution in [0.1, 0.15) is 38.8 Å². The van der Waals surface area contributed by atoms with E-state index in [9.17, 15) is 9.59 Å². The molecule has 0 unspecified atom stereocenters. The predicted molar refractivity (Wildman–Crippen MR) is 161 cm³/mol. The SMILES string of the molecule is C/C(=N\NC(=O)c1ccc(CN2C(=O)c3cccc4cccc2c34)cc1)c1ccc2c(c1)Nc1ccccc1S2. The van der Waals surface area contributed by atoms with Crippen molar-refractivity contribution in [1.29, 1.82) is 0 Å². The van der Waals surface area contributed by atoms with Crippen molar-refractivity contribution in [2.24, 2.45) is 5.10 Å². The van der Waals surface area contributed by atoms with E-state index in [1.54, 1.807) is 28.8 Å².